The fourth-order valence-electron chi connectivity index (χ4n) is 1.30. The molecule has 1 N–H and O–H groups in total. The van der Waals surface area contributed by atoms with Crippen LogP contribution in [0.5, 0.6) is 0 Å². The Kier molecular flexibility index (Phi) is 3.83. The van der Waals surface area contributed by atoms with Gasteiger partial charge in [0.15, 0.2) is 0 Å². The molecule has 3 nitrogen and oxygen atoms in total. The minimum atomic E-state index is 0.441. The number of nitrogens with one attached hydrogen (secondary N) is 1. The summed E-state index contributed by atoms with van der Waals surface area (Å²) in [5.74, 6) is 0. The molecule has 65 valence electrons. The number of ether oxygens (including phenoxy) is 1. The Morgan fingerprint density at radius 1 is 1.55 bits per heavy atom. The zero-order valence-corrected chi connectivity index (χ0v) is 7.18. The fourth-order valence-corrected chi connectivity index (χ4v) is 1.30. The highest BCUT2D eigenvalue weighted by molar-refractivity contribution is 4.68. The summed E-state index contributed by atoms with van der Waals surface area (Å²) in [7, 11) is 0. The maximum atomic E-state index is 5.24. The van der Waals surface area contributed by atoms with Gasteiger partial charge in [-0.25, -0.2) is 0 Å². The van der Waals surface area contributed by atoms with Crippen LogP contribution in [-0.4, -0.2) is 43.9 Å². The van der Waals surface area contributed by atoms with E-state index in [2.05, 4.69) is 24.1 Å². The Labute approximate surface area is 68.7 Å². The zero-order valence-electron chi connectivity index (χ0n) is 7.18. The second kappa shape index (κ2) is 4.70. The lowest BCUT2D eigenvalue weighted by Crippen LogP contribution is -2.48. The lowest BCUT2D eigenvalue weighted by Gasteiger charge is -2.32. The summed E-state index contributed by atoms with van der Waals surface area (Å²) < 4.78 is 5.24. The summed E-state index contributed by atoms with van der Waals surface area (Å²) in [6.07, 6.45) is 0.441. The third-order valence-corrected chi connectivity index (χ3v) is 2.03. The van der Waals surface area contributed by atoms with Gasteiger partial charge in [-0.05, 0) is 20.4 Å². The lowest BCUT2D eigenvalue weighted by molar-refractivity contribution is 0.0139. The van der Waals surface area contributed by atoms with Crippen LogP contribution in [0, 0.1) is 6.92 Å². The van der Waals surface area contributed by atoms with E-state index in [1.54, 1.807) is 0 Å². The molecule has 1 rings (SSSR count). The average molecular weight is 157 g/mol. The van der Waals surface area contributed by atoms with E-state index < -0.39 is 0 Å². The average Bonchev–Trinajstić information content (AvgIpc) is 2.07. The minimum absolute atomic E-state index is 0.441. The first kappa shape index (κ1) is 8.97. The van der Waals surface area contributed by atoms with Crippen molar-refractivity contribution in [3.05, 3.63) is 6.92 Å². The smallest absolute Gasteiger partial charge is 0.0594 e. The summed E-state index contributed by atoms with van der Waals surface area (Å²) >= 11 is 0. The fraction of sp³-hybridized carbons (Fsp3) is 0.875. The molecule has 0 aromatic heterocycles. The van der Waals surface area contributed by atoms with E-state index in [-0.39, 0.29) is 0 Å². The second-order valence-electron chi connectivity index (χ2n) is 2.78. The van der Waals surface area contributed by atoms with Crippen molar-refractivity contribution >= 4 is 0 Å². The summed E-state index contributed by atoms with van der Waals surface area (Å²) in [5, 5.41) is 3.27. The van der Waals surface area contributed by atoms with Crippen LogP contribution in [0.4, 0.5) is 0 Å². The number of hydrogen-bond donors (Lipinski definition) is 1. The molecule has 1 unspecified atom stereocenters. The first-order valence-electron chi connectivity index (χ1n) is 4.19. The van der Waals surface area contributed by atoms with Gasteiger partial charge in [0.25, 0.3) is 0 Å². The molecule has 0 amide bonds. The van der Waals surface area contributed by atoms with E-state index in [1.807, 2.05) is 0 Å². The van der Waals surface area contributed by atoms with Crippen molar-refractivity contribution in [2.75, 3.05) is 32.8 Å². The maximum absolute atomic E-state index is 5.24. The number of hydrogen-bond acceptors (Lipinski definition) is 3. The standard InChI is InChI=1S/C8H17N2O/c1-3-9-8(2)10-4-6-11-7-5-10/h8-9H,1,3-7H2,2H3. The molecule has 1 fully saturated rings. The van der Waals surface area contributed by atoms with Crippen LogP contribution in [0.2, 0.25) is 0 Å². The van der Waals surface area contributed by atoms with Crippen molar-refractivity contribution in [2.45, 2.75) is 13.1 Å². The van der Waals surface area contributed by atoms with Crippen LogP contribution < -0.4 is 5.32 Å². The van der Waals surface area contributed by atoms with Gasteiger partial charge in [0.1, 0.15) is 0 Å². The van der Waals surface area contributed by atoms with Crippen molar-refractivity contribution in [1.29, 1.82) is 0 Å². The van der Waals surface area contributed by atoms with Crippen LogP contribution in [0.15, 0.2) is 0 Å². The van der Waals surface area contributed by atoms with Gasteiger partial charge in [-0.15, -0.1) is 0 Å². The van der Waals surface area contributed by atoms with Crippen LogP contribution >= 0.6 is 0 Å². The van der Waals surface area contributed by atoms with E-state index in [0.29, 0.717) is 6.17 Å². The largest absolute Gasteiger partial charge is 0.379 e. The molecule has 11 heavy (non-hydrogen) atoms. The van der Waals surface area contributed by atoms with Crippen LogP contribution in [0.1, 0.15) is 6.92 Å². The molecule has 0 aliphatic carbocycles. The zero-order chi connectivity index (χ0) is 8.10. The van der Waals surface area contributed by atoms with Crippen molar-refractivity contribution in [3.8, 4) is 0 Å². The quantitative estimate of drug-likeness (QED) is 0.628. The molecule has 1 heterocycles. The third kappa shape index (κ3) is 2.77. The molecular weight excluding hydrogens is 140 g/mol. The van der Waals surface area contributed by atoms with E-state index in [4.69, 9.17) is 4.74 Å². The number of rotatable bonds is 3. The third-order valence-electron chi connectivity index (χ3n) is 2.03. The van der Waals surface area contributed by atoms with Crippen LogP contribution in [0.25, 0.3) is 0 Å². The van der Waals surface area contributed by atoms with Gasteiger partial charge >= 0.3 is 0 Å². The predicted molar refractivity (Wildman–Crippen MR) is 45.2 cm³/mol. The molecule has 0 bridgehead atoms. The van der Waals surface area contributed by atoms with Crippen molar-refractivity contribution in [3.63, 3.8) is 0 Å². The van der Waals surface area contributed by atoms with Crippen molar-refractivity contribution in [1.82, 2.24) is 10.2 Å². The van der Waals surface area contributed by atoms with E-state index in [9.17, 15) is 0 Å². The molecule has 3 heteroatoms. The first-order valence-corrected chi connectivity index (χ1v) is 4.19. The summed E-state index contributed by atoms with van der Waals surface area (Å²) in [6, 6.07) is 0. The van der Waals surface area contributed by atoms with Crippen molar-refractivity contribution < 1.29 is 4.74 Å². The van der Waals surface area contributed by atoms with Gasteiger partial charge in [0, 0.05) is 13.1 Å². The number of nitrogens with zero attached hydrogens (tertiary/aromatic N) is 1. The Balaban J connectivity index is 2.21. The molecule has 1 radical (unpaired) electrons. The molecule has 0 spiro atoms. The Hall–Kier alpha value is -0.120. The molecule has 1 atom stereocenters. The molecule has 1 saturated heterocycles. The SMILES string of the molecule is [CH2]CNC(C)N1CCOCC1. The normalized spacial score (nSPS) is 23.5. The highest BCUT2D eigenvalue weighted by Crippen LogP contribution is 1.99. The highest BCUT2D eigenvalue weighted by atomic mass is 16.5. The predicted octanol–water partition coefficient (Wildman–Crippen LogP) is 0.0883. The summed E-state index contributed by atoms with van der Waals surface area (Å²) in [4.78, 5) is 2.37. The monoisotopic (exact) mass is 157 g/mol. The van der Waals surface area contributed by atoms with Crippen LogP contribution in [-0.2, 0) is 4.74 Å². The minimum Gasteiger partial charge on any atom is -0.379 e. The highest BCUT2D eigenvalue weighted by Gasteiger charge is 2.14. The van der Waals surface area contributed by atoms with Gasteiger partial charge in [-0.1, -0.05) is 0 Å². The lowest BCUT2D eigenvalue weighted by atomic mass is 10.3. The summed E-state index contributed by atoms with van der Waals surface area (Å²) in [6.45, 7) is 10.5. The van der Waals surface area contributed by atoms with Gasteiger partial charge in [0.05, 0.1) is 19.4 Å². The first-order chi connectivity index (χ1) is 5.34. The Bertz CT molecular complexity index is 102. The molecule has 1 aliphatic rings. The maximum Gasteiger partial charge on any atom is 0.0594 e. The molecule has 0 aromatic carbocycles. The Morgan fingerprint density at radius 3 is 2.73 bits per heavy atom. The topological polar surface area (TPSA) is 24.5 Å². The molecule has 0 aromatic rings. The van der Waals surface area contributed by atoms with Gasteiger partial charge in [-0.3, -0.25) is 4.90 Å². The van der Waals surface area contributed by atoms with Gasteiger partial charge in [0.2, 0.25) is 0 Å². The number of morpholine rings is 1. The molecule has 0 saturated carbocycles. The van der Waals surface area contributed by atoms with Crippen molar-refractivity contribution in [2.24, 2.45) is 0 Å². The van der Waals surface area contributed by atoms with E-state index >= 15 is 0 Å². The van der Waals surface area contributed by atoms with E-state index in [1.165, 1.54) is 0 Å². The van der Waals surface area contributed by atoms with Gasteiger partial charge in [-0.2, -0.15) is 0 Å². The second-order valence-corrected chi connectivity index (χ2v) is 2.78. The Morgan fingerprint density at radius 2 is 2.18 bits per heavy atom. The van der Waals surface area contributed by atoms with E-state index in [0.717, 1.165) is 32.8 Å². The molecule has 1 aliphatic heterocycles. The summed E-state index contributed by atoms with van der Waals surface area (Å²) in [5.41, 5.74) is 0. The van der Waals surface area contributed by atoms with Crippen LogP contribution in [0.3, 0.4) is 0 Å². The van der Waals surface area contributed by atoms with Gasteiger partial charge < -0.3 is 10.1 Å². The molecular formula is C8H17N2O.